The van der Waals surface area contributed by atoms with Crippen molar-refractivity contribution in [3.63, 3.8) is 0 Å². The highest BCUT2D eigenvalue weighted by atomic mass is 16.5. The maximum atomic E-state index is 11.0. The quantitative estimate of drug-likeness (QED) is 0.792. The Morgan fingerprint density at radius 2 is 2.29 bits per heavy atom. The first kappa shape index (κ1) is 11.9. The highest BCUT2D eigenvalue weighted by Crippen LogP contribution is 2.30. The average Bonchev–Trinajstić information content (AvgIpc) is 2.70. The van der Waals surface area contributed by atoms with Crippen molar-refractivity contribution < 1.29 is 14.3 Å². The lowest BCUT2D eigenvalue weighted by atomic mass is 10.1. The Kier molecular flexibility index (Phi) is 3.64. The van der Waals surface area contributed by atoms with Crippen LogP contribution in [0, 0.1) is 0 Å². The molecule has 4 heteroatoms. The average molecular weight is 235 g/mol. The molecule has 1 aliphatic rings. The van der Waals surface area contributed by atoms with Gasteiger partial charge in [-0.25, -0.2) is 0 Å². The summed E-state index contributed by atoms with van der Waals surface area (Å²) in [6, 6.07) is 6.16. The van der Waals surface area contributed by atoms with Gasteiger partial charge in [0, 0.05) is 6.04 Å². The minimum absolute atomic E-state index is 0.190. The molecule has 1 aromatic carbocycles. The second kappa shape index (κ2) is 5.19. The fraction of sp³-hybridized carbons (Fsp3) is 0.462. The van der Waals surface area contributed by atoms with Crippen LogP contribution in [-0.2, 0) is 22.4 Å². The molecule has 0 saturated carbocycles. The van der Waals surface area contributed by atoms with Gasteiger partial charge in [0.2, 0.25) is 0 Å². The highest BCUT2D eigenvalue weighted by Gasteiger charge is 2.21. The first-order valence-electron chi connectivity index (χ1n) is 5.76. The van der Waals surface area contributed by atoms with E-state index in [-0.39, 0.29) is 18.4 Å². The second-order valence-corrected chi connectivity index (χ2v) is 4.24. The lowest BCUT2D eigenvalue weighted by Gasteiger charge is -2.10. The predicted octanol–water partition coefficient (Wildman–Crippen LogP) is 1.05. The molecule has 0 spiro atoms. The van der Waals surface area contributed by atoms with Gasteiger partial charge < -0.3 is 15.2 Å². The summed E-state index contributed by atoms with van der Waals surface area (Å²) in [6.07, 6.45) is 2.03. The summed E-state index contributed by atoms with van der Waals surface area (Å²) in [7, 11) is 1.38. The van der Waals surface area contributed by atoms with Gasteiger partial charge in [-0.2, -0.15) is 0 Å². The van der Waals surface area contributed by atoms with Crippen molar-refractivity contribution in [2.75, 3.05) is 13.7 Å². The van der Waals surface area contributed by atoms with Crippen molar-refractivity contribution in [2.24, 2.45) is 5.73 Å². The molecule has 0 fully saturated rings. The Morgan fingerprint density at radius 1 is 1.47 bits per heavy atom. The molecular weight excluding hydrogens is 218 g/mol. The summed E-state index contributed by atoms with van der Waals surface area (Å²) < 4.78 is 10.2. The molecular formula is C13H17NO3. The van der Waals surface area contributed by atoms with Gasteiger partial charge in [0.05, 0.1) is 20.1 Å². The molecule has 4 nitrogen and oxygen atoms in total. The zero-order chi connectivity index (χ0) is 12.3. The largest absolute Gasteiger partial charge is 0.493 e. The molecule has 0 radical (unpaired) electrons. The third kappa shape index (κ3) is 2.77. The van der Waals surface area contributed by atoms with E-state index >= 15 is 0 Å². The van der Waals surface area contributed by atoms with Gasteiger partial charge >= 0.3 is 5.97 Å². The van der Waals surface area contributed by atoms with Crippen molar-refractivity contribution in [1.29, 1.82) is 0 Å². The van der Waals surface area contributed by atoms with Crippen LogP contribution in [-0.4, -0.2) is 25.7 Å². The molecule has 0 aromatic heterocycles. The molecule has 1 atom stereocenters. The van der Waals surface area contributed by atoms with E-state index in [1.807, 2.05) is 12.1 Å². The van der Waals surface area contributed by atoms with E-state index in [1.165, 1.54) is 18.2 Å². The van der Waals surface area contributed by atoms with E-state index in [1.54, 1.807) is 0 Å². The molecule has 2 rings (SSSR count). The van der Waals surface area contributed by atoms with Crippen LogP contribution in [0.4, 0.5) is 0 Å². The van der Waals surface area contributed by atoms with Gasteiger partial charge in [-0.15, -0.1) is 0 Å². The van der Waals surface area contributed by atoms with Gasteiger partial charge in [-0.1, -0.05) is 12.1 Å². The molecule has 2 N–H and O–H groups in total. The topological polar surface area (TPSA) is 61.5 Å². The number of carbonyl (C=O) groups excluding carboxylic acids is 1. The molecule has 1 unspecified atom stereocenters. The number of carbonyl (C=O) groups is 1. The fourth-order valence-electron chi connectivity index (χ4n) is 2.13. The number of hydrogen-bond acceptors (Lipinski definition) is 4. The summed E-state index contributed by atoms with van der Waals surface area (Å²) in [4.78, 5) is 11.0. The van der Waals surface area contributed by atoms with Crippen LogP contribution in [0.1, 0.15) is 17.5 Å². The van der Waals surface area contributed by atoms with E-state index in [0.29, 0.717) is 6.61 Å². The Bertz CT molecular complexity index is 417. The second-order valence-electron chi connectivity index (χ2n) is 4.24. The minimum Gasteiger partial charge on any atom is -0.493 e. The number of fused-ring (bicyclic) bond motifs is 1. The predicted molar refractivity (Wildman–Crippen MR) is 64.0 cm³/mol. The van der Waals surface area contributed by atoms with E-state index in [2.05, 4.69) is 10.8 Å². The third-order valence-electron chi connectivity index (χ3n) is 2.97. The summed E-state index contributed by atoms with van der Waals surface area (Å²) in [5, 5.41) is 0. The zero-order valence-electron chi connectivity index (χ0n) is 9.94. The van der Waals surface area contributed by atoms with E-state index in [4.69, 9.17) is 10.5 Å². The van der Waals surface area contributed by atoms with Crippen LogP contribution in [0.15, 0.2) is 18.2 Å². The Labute approximate surface area is 101 Å². The van der Waals surface area contributed by atoms with Gasteiger partial charge in [0.25, 0.3) is 0 Å². The van der Waals surface area contributed by atoms with Crippen molar-refractivity contribution in [2.45, 2.75) is 25.3 Å². The lowest BCUT2D eigenvalue weighted by molar-refractivity contribution is -0.141. The van der Waals surface area contributed by atoms with Crippen LogP contribution >= 0.6 is 0 Å². The Hall–Kier alpha value is -1.55. The van der Waals surface area contributed by atoms with Crippen molar-refractivity contribution >= 4 is 5.97 Å². The number of ether oxygens (including phenoxy) is 2. The summed E-state index contributed by atoms with van der Waals surface area (Å²) in [5.74, 6) is 0.591. The number of rotatable bonds is 4. The highest BCUT2D eigenvalue weighted by molar-refractivity contribution is 5.69. The van der Waals surface area contributed by atoms with Crippen LogP contribution in [0.5, 0.6) is 5.75 Å². The van der Waals surface area contributed by atoms with E-state index < -0.39 is 0 Å². The number of hydrogen-bond donors (Lipinski definition) is 1. The maximum absolute atomic E-state index is 11.0. The number of methoxy groups -OCH3 is 1. The molecule has 1 aromatic rings. The van der Waals surface area contributed by atoms with Gasteiger partial charge in [0.15, 0.2) is 0 Å². The van der Waals surface area contributed by atoms with Crippen LogP contribution < -0.4 is 10.5 Å². The first-order chi connectivity index (χ1) is 8.20. The van der Waals surface area contributed by atoms with Crippen molar-refractivity contribution in [3.05, 3.63) is 29.3 Å². The van der Waals surface area contributed by atoms with Crippen molar-refractivity contribution in [1.82, 2.24) is 0 Å². The smallest absolute Gasteiger partial charge is 0.308 e. The summed E-state index contributed by atoms with van der Waals surface area (Å²) in [5.41, 5.74) is 8.37. The number of nitrogens with two attached hydrogens (primary N) is 1. The van der Waals surface area contributed by atoms with E-state index in [0.717, 1.165) is 18.6 Å². The zero-order valence-corrected chi connectivity index (χ0v) is 9.94. The normalized spacial score (nSPS) is 17.6. The summed E-state index contributed by atoms with van der Waals surface area (Å²) in [6.45, 7) is 0.346. The molecule has 0 bridgehead atoms. The van der Waals surface area contributed by atoms with Crippen molar-refractivity contribution in [3.8, 4) is 5.75 Å². The molecule has 1 aliphatic carbocycles. The van der Waals surface area contributed by atoms with Gasteiger partial charge in [-0.3, -0.25) is 4.79 Å². The van der Waals surface area contributed by atoms with E-state index in [9.17, 15) is 4.79 Å². The maximum Gasteiger partial charge on any atom is 0.308 e. The molecule has 0 heterocycles. The molecule has 17 heavy (non-hydrogen) atoms. The van der Waals surface area contributed by atoms with Gasteiger partial charge in [-0.05, 0) is 30.0 Å². The fourth-order valence-corrected chi connectivity index (χ4v) is 2.13. The van der Waals surface area contributed by atoms with Crippen LogP contribution in [0.3, 0.4) is 0 Å². The third-order valence-corrected chi connectivity index (χ3v) is 2.97. The number of benzene rings is 1. The van der Waals surface area contributed by atoms with Crippen LogP contribution in [0.25, 0.3) is 0 Å². The Balaban J connectivity index is 1.98. The molecule has 92 valence electrons. The first-order valence-corrected chi connectivity index (χ1v) is 5.76. The minimum atomic E-state index is -0.255. The van der Waals surface area contributed by atoms with Gasteiger partial charge in [0.1, 0.15) is 5.75 Å². The molecule has 0 saturated heterocycles. The molecule has 0 aliphatic heterocycles. The monoisotopic (exact) mass is 235 g/mol. The summed E-state index contributed by atoms with van der Waals surface area (Å²) >= 11 is 0. The SMILES string of the molecule is COC(=O)CCOc1cccc2c1CC(N)C2. The number of esters is 1. The standard InChI is InChI=1S/C13H17NO3/c1-16-13(15)5-6-17-12-4-2-3-9-7-10(14)8-11(9)12/h2-4,10H,5-8,14H2,1H3. The Morgan fingerprint density at radius 3 is 3.06 bits per heavy atom. The van der Waals surface area contributed by atoms with Crippen LogP contribution in [0.2, 0.25) is 0 Å². The lowest BCUT2D eigenvalue weighted by Crippen LogP contribution is -2.19. The molecule has 0 amide bonds.